The lowest BCUT2D eigenvalue weighted by Gasteiger charge is -2.28. The number of rotatable bonds is 3. The van der Waals surface area contributed by atoms with Gasteiger partial charge in [-0.05, 0) is 38.4 Å². The van der Waals surface area contributed by atoms with Crippen LogP contribution in [0.25, 0.3) is 0 Å². The first kappa shape index (κ1) is 12.7. The lowest BCUT2D eigenvalue weighted by atomic mass is 10.0. The van der Waals surface area contributed by atoms with Crippen LogP contribution in [0.2, 0.25) is 0 Å². The van der Waals surface area contributed by atoms with Crippen LogP contribution in [0.4, 0.5) is 0 Å². The highest BCUT2D eigenvalue weighted by Gasteiger charge is 2.31. The summed E-state index contributed by atoms with van der Waals surface area (Å²) in [5.41, 5.74) is 0. The van der Waals surface area contributed by atoms with Crippen molar-refractivity contribution < 1.29 is 5.11 Å². The zero-order valence-electron chi connectivity index (χ0n) is 10.4. The van der Waals surface area contributed by atoms with Crippen LogP contribution in [0.15, 0.2) is 0 Å². The van der Waals surface area contributed by atoms with Crippen molar-refractivity contribution in [1.29, 1.82) is 0 Å². The summed E-state index contributed by atoms with van der Waals surface area (Å²) in [6.45, 7) is 3.43. The monoisotopic (exact) mass is 243 g/mol. The molecular formula is C13H25NOS. The minimum atomic E-state index is -0.113. The van der Waals surface area contributed by atoms with Crippen molar-refractivity contribution in [2.24, 2.45) is 0 Å². The minimum absolute atomic E-state index is 0.113. The van der Waals surface area contributed by atoms with Crippen molar-refractivity contribution in [3.8, 4) is 0 Å². The van der Waals surface area contributed by atoms with Crippen LogP contribution < -0.4 is 5.32 Å². The van der Waals surface area contributed by atoms with E-state index in [2.05, 4.69) is 24.0 Å². The van der Waals surface area contributed by atoms with E-state index in [4.69, 9.17) is 0 Å². The van der Waals surface area contributed by atoms with Crippen molar-refractivity contribution in [3.05, 3.63) is 0 Å². The zero-order valence-corrected chi connectivity index (χ0v) is 11.2. The fourth-order valence-electron chi connectivity index (χ4n) is 2.85. The maximum absolute atomic E-state index is 10.0. The van der Waals surface area contributed by atoms with Crippen LogP contribution in [0.5, 0.6) is 0 Å². The molecule has 0 spiro atoms. The molecule has 0 aromatic carbocycles. The summed E-state index contributed by atoms with van der Waals surface area (Å²) in [5, 5.41) is 13.7. The lowest BCUT2D eigenvalue weighted by molar-refractivity contribution is 0.119. The quantitative estimate of drug-likeness (QED) is 0.747. The largest absolute Gasteiger partial charge is 0.392 e. The highest BCUT2D eigenvalue weighted by atomic mass is 32.2. The van der Waals surface area contributed by atoms with Gasteiger partial charge < -0.3 is 10.4 Å². The fourth-order valence-corrected chi connectivity index (χ4v) is 4.10. The van der Waals surface area contributed by atoms with Crippen molar-refractivity contribution in [1.82, 2.24) is 5.32 Å². The predicted octanol–water partition coefficient (Wildman–Crippen LogP) is 2.56. The standard InChI is InChI=1S/C13H25NOS/c1-13(8-5-9-16-13)10-14-11-6-3-2-4-7-12(11)15/h11-12,14-15H,2-10H2,1H3. The van der Waals surface area contributed by atoms with Gasteiger partial charge in [-0.1, -0.05) is 19.3 Å². The van der Waals surface area contributed by atoms with Gasteiger partial charge in [0.05, 0.1) is 6.10 Å². The number of aliphatic hydroxyl groups is 1. The summed E-state index contributed by atoms with van der Waals surface area (Å²) in [5.74, 6) is 1.31. The molecule has 0 radical (unpaired) electrons. The third kappa shape index (κ3) is 3.38. The molecule has 2 aliphatic rings. The summed E-state index contributed by atoms with van der Waals surface area (Å²) < 4.78 is 0.423. The van der Waals surface area contributed by atoms with E-state index in [1.165, 1.54) is 37.9 Å². The van der Waals surface area contributed by atoms with Gasteiger partial charge in [0.25, 0.3) is 0 Å². The van der Waals surface area contributed by atoms with E-state index in [0.717, 1.165) is 19.4 Å². The Balaban J connectivity index is 1.79. The third-order valence-corrected chi connectivity index (χ3v) is 5.56. The van der Waals surface area contributed by atoms with E-state index in [9.17, 15) is 5.11 Å². The van der Waals surface area contributed by atoms with E-state index < -0.39 is 0 Å². The Morgan fingerprint density at radius 1 is 1.25 bits per heavy atom. The molecule has 0 amide bonds. The molecule has 1 saturated carbocycles. The average molecular weight is 243 g/mol. The van der Waals surface area contributed by atoms with Gasteiger partial charge in [-0.15, -0.1) is 0 Å². The molecule has 3 atom stereocenters. The molecule has 1 aliphatic carbocycles. The van der Waals surface area contributed by atoms with Gasteiger partial charge in [0.15, 0.2) is 0 Å². The third-order valence-electron chi connectivity index (χ3n) is 4.02. The van der Waals surface area contributed by atoms with Crippen LogP contribution >= 0.6 is 11.8 Å². The number of hydrogen-bond acceptors (Lipinski definition) is 3. The van der Waals surface area contributed by atoms with Crippen LogP contribution in [0.3, 0.4) is 0 Å². The molecule has 0 bridgehead atoms. The van der Waals surface area contributed by atoms with Crippen molar-refractivity contribution >= 4 is 11.8 Å². The number of aliphatic hydroxyl groups excluding tert-OH is 1. The molecule has 0 aromatic rings. The topological polar surface area (TPSA) is 32.3 Å². The van der Waals surface area contributed by atoms with Gasteiger partial charge in [-0.3, -0.25) is 0 Å². The molecule has 1 aliphatic heterocycles. The molecule has 3 heteroatoms. The minimum Gasteiger partial charge on any atom is -0.392 e. The molecule has 94 valence electrons. The molecule has 1 saturated heterocycles. The highest BCUT2D eigenvalue weighted by molar-refractivity contribution is 8.00. The van der Waals surface area contributed by atoms with Gasteiger partial charge in [0.1, 0.15) is 0 Å². The normalized spacial score (nSPS) is 40.9. The Kier molecular flexibility index (Phi) is 4.57. The number of thioether (sulfide) groups is 1. The van der Waals surface area contributed by atoms with E-state index in [0.29, 0.717) is 10.8 Å². The molecule has 1 heterocycles. The van der Waals surface area contributed by atoms with Crippen molar-refractivity contribution in [3.63, 3.8) is 0 Å². The fraction of sp³-hybridized carbons (Fsp3) is 1.00. The Morgan fingerprint density at radius 3 is 2.81 bits per heavy atom. The molecule has 2 rings (SSSR count). The predicted molar refractivity (Wildman–Crippen MR) is 71.0 cm³/mol. The highest BCUT2D eigenvalue weighted by Crippen LogP contribution is 2.37. The molecule has 2 fully saturated rings. The van der Waals surface area contributed by atoms with E-state index in [1.54, 1.807) is 0 Å². The van der Waals surface area contributed by atoms with Gasteiger partial charge in [-0.25, -0.2) is 0 Å². The zero-order chi connectivity index (χ0) is 11.4. The second kappa shape index (κ2) is 5.74. The lowest BCUT2D eigenvalue weighted by Crippen LogP contribution is -2.45. The van der Waals surface area contributed by atoms with E-state index >= 15 is 0 Å². The van der Waals surface area contributed by atoms with Crippen LogP contribution in [0, 0.1) is 0 Å². The van der Waals surface area contributed by atoms with Gasteiger partial charge in [0.2, 0.25) is 0 Å². The van der Waals surface area contributed by atoms with Gasteiger partial charge >= 0.3 is 0 Å². The first-order chi connectivity index (χ1) is 7.70. The van der Waals surface area contributed by atoms with Crippen LogP contribution in [-0.2, 0) is 0 Å². The molecule has 3 unspecified atom stereocenters. The Bertz CT molecular complexity index is 216. The summed E-state index contributed by atoms with van der Waals surface area (Å²) in [6, 6.07) is 0.348. The maximum atomic E-state index is 10.0. The van der Waals surface area contributed by atoms with Crippen molar-refractivity contribution in [2.45, 2.75) is 68.8 Å². The van der Waals surface area contributed by atoms with E-state index in [1.807, 2.05) is 0 Å². The van der Waals surface area contributed by atoms with Crippen LogP contribution in [0.1, 0.15) is 51.9 Å². The Labute approximate surface area is 104 Å². The number of nitrogens with one attached hydrogen (secondary N) is 1. The Hall–Kier alpha value is 0.270. The van der Waals surface area contributed by atoms with Gasteiger partial charge in [0, 0.05) is 17.3 Å². The van der Waals surface area contributed by atoms with Crippen LogP contribution in [-0.4, -0.2) is 34.3 Å². The van der Waals surface area contributed by atoms with Crippen molar-refractivity contribution in [2.75, 3.05) is 12.3 Å². The number of hydrogen-bond donors (Lipinski definition) is 2. The average Bonchev–Trinajstić information content (AvgIpc) is 2.58. The summed E-state index contributed by atoms with van der Waals surface area (Å²) >= 11 is 2.10. The SMILES string of the molecule is CC1(CNC2CCCCCC2O)CCCS1. The summed E-state index contributed by atoms with van der Waals surface area (Å²) in [4.78, 5) is 0. The molecule has 2 N–H and O–H groups in total. The first-order valence-corrected chi connectivity index (χ1v) is 7.74. The first-order valence-electron chi connectivity index (χ1n) is 6.75. The molecular weight excluding hydrogens is 218 g/mol. The Morgan fingerprint density at radius 2 is 2.06 bits per heavy atom. The smallest absolute Gasteiger partial charge is 0.0693 e. The molecule has 16 heavy (non-hydrogen) atoms. The molecule has 0 aromatic heterocycles. The summed E-state index contributed by atoms with van der Waals surface area (Å²) in [7, 11) is 0. The van der Waals surface area contributed by atoms with E-state index in [-0.39, 0.29) is 6.10 Å². The molecule has 2 nitrogen and oxygen atoms in total. The second-order valence-electron chi connectivity index (χ2n) is 5.59. The summed E-state index contributed by atoms with van der Waals surface area (Å²) in [6.07, 6.45) is 8.48. The maximum Gasteiger partial charge on any atom is 0.0693 e. The second-order valence-corrected chi connectivity index (χ2v) is 7.28. The van der Waals surface area contributed by atoms with Gasteiger partial charge in [-0.2, -0.15) is 11.8 Å².